The van der Waals surface area contributed by atoms with Gasteiger partial charge in [-0.3, -0.25) is 0 Å². The molecule has 2 atom stereocenters. The molecule has 0 unspecified atom stereocenters. The first kappa shape index (κ1) is 9.01. The van der Waals surface area contributed by atoms with Crippen molar-refractivity contribution in [3.05, 3.63) is 0 Å². The van der Waals surface area contributed by atoms with E-state index in [9.17, 15) is 0 Å². The van der Waals surface area contributed by atoms with Crippen LogP contribution in [0.2, 0.25) is 0 Å². The van der Waals surface area contributed by atoms with E-state index in [0.29, 0.717) is 12.1 Å². The maximum absolute atomic E-state index is 5.39. The lowest BCUT2D eigenvalue weighted by atomic mass is 9.92. The van der Waals surface area contributed by atoms with E-state index < -0.39 is 0 Å². The Bertz CT molecular complexity index is 104. The average Bonchev–Trinajstić information content (AvgIpc) is 2.06. The van der Waals surface area contributed by atoms with Gasteiger partial charge in [0.15, 0.2) is 0 Å². The van der Waals surface area contributed by atoms with Crippen LogP contribution in [0.4, 0.5) is 0 Å². The van der Waals surface area contributed by atoms with Crippen molar-refractivity contribution in [1.82, 2.24) is 5.32 Å². The molecule has 0 aromatic heterocycles. The molecule has 0 saturated heterocycles. The minimum Gasteiger partial charge on any atom is -0.380 e. The first-order valence-electron chi connectivity index (χ1n) is 4.64. The molecular weight excluding hydrogens is 138 g/mol. The van der Waals surface area contributed by atoms with Crippen LogP contribution in [0.1, 0.15) is 32.6 Å². The molecule has 11 heavy (non-hydrogen) atoms. The molecule has 0 aromatic carbocycles. The maximum atomic E-state index is 5.39. The summed E-state index contributed by atoms with van der Waals surface area (Å²) in [6, 6.07) is 0.610. The summed E-state index contributed by atoms with van der Waals surface area (Å²) in [6.45, 7) is 3.21. The summed E-state index contributed by atoms with van der Waals surface area (Å²) in [6.07, 6.45) is 5.67. The highest BCUT2D eigenvalue weighted by molar-refractivity contribution is 4.80. The van der Waals surface area contributed by atoms with Gasteiger partial charge in [-0.05, 0) is 19.4 Å². The number of hydrogen-bond donors (Lipinski definition) is 1. The topological polar surface area (TPSA) is 21.3 Å². The molecule has 1 fully saturated rings. The van der Waals surface area contributed by atoms with Gasteiger partial charge in [0.05, 0.1) is 6.10 Å². The molecule has 0 heterocycles. The predicted molar refractivity (Wildman–Crippen MR) is 46.7 cm³/mol. The van der Waals surface area contributed by atoms with Crippen LogP contribution in [-0.4, -0.2) is 25.8 Å². The average molecular weight is 157 g/mol. The number of likely N-dealkylation sites (N-methyl/N-ethyl adjacent to an activating group) is 1. The molecule has 0 aromatic rings. The van der Waals surface area contributed by atoms with E-state index in [0.717, 1.165) is 6.54 Å². The largest absolute Gasteiger partial charge is 0.380 e. The third kappa shape index (κ3) is 2.46. The van der Waals surface area contributed by atoms with E-state index >= 15 is 0 Å². The van der Waals surface area contributed by atoms with Crippen molar-refractivity contribution in [2.75, 3.05) is 13.7 Å². The van der Waals surface area contributed by atoms with Gasteiger partial charge < -0.3 is 10.1 Å². The highest BCUT2D eigenvalue weighted by Crippen LogP contribution is 2.20. The summed E-state index contributed by atoms with van der Waals surface area (Å²) in [5.74, 6) is 0. The number of methoxy groups -OCH3 is 1. The summed E-state index contributed by atoms with van der Waals surface area (Å²) >= 11 is 0. The molecule has 1 aliphatic rings. The second-order valence-electron chi connectivity index (χ2n) is 3.22. The first-order chi connectivity index (χ1) is 5.38. The highest BCUT2D eigenvalue weighted by atomic mass is 16.5. The Morgan fingerprint density at radius 1 is 1.36 bits per heavy atom. The van der Waals surface area contributed by atoms with E-state index in [1.807, 2.05) is 7.11 Å². The van der Waals surface area contributed by atoms with Crippen molar-refractivity contribution in [3.63, 3.8) is 0 Å². The number of ether oxygens (including phenoxy) is 1. The lowest BCUT2D eigenvalue weighted by molar-refractivity contribution is 0.0425. The molecule has 2 nitrogen and oxygen atoms in total. The van der Waals surface area contributed by atoms with E-state index in [1.165, 1.54) is 25.7 Å². The molecule has 1 rings (SSSR count). The van der Waals surface area contributed by atoms with E-state index in [2.05, 4.69) is 12.2 Å². The molecule has 0 amide bonds. The lowest BCUT2D eigenvalue weighted by Gasteiger charge is -2.30. The summed E-state index contributed by atoms with van der Waals surface area (Å²) in [5, 5.41) is 3.46. The zero-order valence-electron chi connectivity index (χ0n) is 7.60. The number of hydrogen-bond acceptors (Lipinski definition) is 2. The quantitative estimate of drug-likeness (QED) is 0.671. The molecule has 66 valence electrons. The van der Waals surface area contributed by atoms with Crippen molar-refractivity contribution in [2.45, 2.75) is 44.8 Å². The molecule has 2 heteroatoms. The van der Waals surface area contributed by atoms with E-state index in [4.69, 9.17) is 4.74 Å². The zero-order valence-corrected chi connectivity index (χ0v) is 7.60. The molecular formula is C9H19NO. The van der Waals surface area contributed by atoms with Crippen LogP contribution in [0.25, 0.3) is 0 Å². The third-order valence-corrected chi connectivity index (χ3v) is 2.47. The summed E-state index contributed by atoms with van der Waals surface area (Å²) in [4.78, 5) is 0. The van der Waals surface area contributed by atoms with Crippen molar-refractivity contribution in [2.24, 2.45) is 0 Å². The monoisotopic (exact) mass is 157 g/mol. The van der Waals surface area contributed by atoms with Crippen molar-refractivity contribution < 1.29 is 4.74 Å². The smallest absolute Gasteiger partial charge is 0.0724 e. The fraction of sp³-hybridized carbons (Fsp3) is 1.00. The SMILES string of the molecule is CCN[C@@H]1CCCC[C@H]1OC. The molecule has 1 aliphatic carbocycles. The zero-order chi connectivity index (χ0) is 8.10. The predicted octanol–water partition coefficient (Wildman–Crippen LogP) is 1.55. The molecule has 0 radical (unpaired) electrons. The van der Waals surface area contributed by atoms with E-state index in [-0.39, 0.29) is 0 Å². The van der Waals surface area contributed by atoms with Crippen LogP contribution in [-0.2, 0) is 4.74 Å². The Hall–Kier alpha value is -0.0800. The van der Waals surface area contributed by atoms with Gasteiger partial charge in [0.25, 0.3) is 0 Å². The van der Waals surface area contributed by atoms with Gasteiger partial charge in [-0.1, -0.05) is 19.8 Å². The minimum absolute atomic E-state index is 0.462. The summed E-state index contributed by atoms with van der Waals surface area (Å²) in [5.41, 5.74) is 0. The van der Waals surface area contributed by atoms with Crippen LogP contribution < -0.4 is 5.32 Å². The maximum Gasteiger partial charge on any atom is 0.0724 e. The first-order valence-corrected chi connectivity index (χ1v) is 4.64. The van der Waals surface area contributed by atoms with Crippen LogP contribution in [0.3, 0.4) is 0 Å². The van der Waals surface area contributed by atoms with Gasteiger partial charge >= 0.3 is 0 Å². The molecule has 1 N–H and O–H groups in total. The summed E-state index contributed by atoms with van der Waals surface area (Å²) in [7, 11) is 1.82. The Kier molecular flexibility index (Phi) is 3.87. The van der Waals surface area contributed by atoms with Crippen LogP contribution >= 0.6 is 0 Å². The van der Waals surface area contributed by atoms with Gasteiger partial charge in [0, 0.05) is 13.2 Å². The molecule has 0 spiro atoms. The van der Waals surface area contributed by atoms with Gasteiger partial charge in [-0.2, -0.15) is 0 Å². The Morgan fingerprint density at radius 3 is 2.73 bits per heavy atom. The van der Waals surface area contributed by atoms with Crippen molar-refractivity contribution in [3.8, 4) is 0 Å². The van der Waals surface area contributed by atoms with Gasteiger partial charge in [0.1, 0.15) is 0 Å². The Balaban J connectivity index is 2.31. The Morgan fingerprint density at radius 2 is 2.09 bits per heavy atom. The fourth-order valence-corrected chi connectivity index (χ4v) is 1.87. The van der Waals surface area contributed by atoms with Crippen molar-refractivity contribution >= 4 is 0 Å². The van der Waals surface area contributed by atoms with E-state index in [1.54, 1.807) is 0 Å². The highest BCUT2D eigenvalue weighted by Gasteiger charge is 2.23. The van der Waals surface area contributed by atoms with Gasteiger partial charge in [-0.15, -0.1) is 0 Å². The van der Waals surface area contributed by atoms with Gasteiger partial charge in [-0.25, -0.2) is 0 Å². The van der Waals surface area contributed by atoms with Crippen molar-refractivity contribution in [1.29, 1.82) is 0 Å². The lowest BCUT2D eigenvalue weighted by Crippen LogP contribution is -2.42. The van der Waals surface area contributed by atoms with Crippen LogP contribution in [0, 0.1) is 0 Å². The standard InChI is InChI=1S/C9H19NO/c1-3-10-8-6-4-5-7-9(8)11-2/h8-10H,3-7H2,1-2H3/t8-,9-/m1/s1. The fourth-order valence-electron chi connectivity index (χ4n) is 1.87. The molecule has 0 aliphatic heterocycles. The second kappa shape index (κ2) is 4.73. The van der Waals surface area contributed by atoms with Gasteiger partial charge in [0.2, 0.25) is 0 Å². The number of rotatable bonds is 3. The number of nitrogens with one attached hydrogen (secondary N) is 1. The van der Waals surface area contributed by atoms with Crippen LogP contribution in [0.5, 0.6) is 0 Å². The third-order valence-electron chi connectivity index (χ3n) is 2.47. The molecule has 1 saturated carbocycles. The minimum atomic E-state index is 0.462. The van der Waals surface area contributed by atoms with Crippen LogP contribution in [0.15, 0.2) is 0 Å². The summed E-state index contributed by atoms with van der Waals surface area (Å²) < 4.78 is 5.39. The second-order valence-corrected chi connectivity index (χ2v) is 3.22. The molecule has 0 bridgehead atoms. The normalized spacial score (nSPS) is 32.2. The Labute approximate surface area is 69.3 Å².